The quantitative estimate of drug-likeness (QED) is 0.529. The largest absolute Gasteiger partial charge is 0.326 e. The van der Waals surface area contributed by atoms with Crippen LogP contribution in [0.4, 0.5) is 0 Å². The van der Waals surface area contributed by atoms with Crippen LogP contribution in [0.2, 0.25) is 0 Å². The molecule has 0 spiro atoms. The van der Waals surface area contributed by atoms with Crippen molar-refractivity contribution < 1.29 is 14.2 Å². The third kappa shape index (κ3) is 0.845. The zero-order valence-corrected chi connectivity index (χ0v) is 5.71. The molecule has 3 heterocycles. The van der Waals surface area contributed by atoms with Crippen molar-refractivity contribution in [2.45, 2.75) is 5.97 Å². The second-order valence-electron chi connectivity index (χ2n) is 2.69. The Morgan fingerprint density at radius 2 is 1.70 bits per heavy atom. The molecule has 3 aliphatic heterocycles. The van der Waals surface area contributed by atoms with E-state index in [1.165, 1.54) is 0 Å². The van der Waals surface area contributed by atoms with E-state index < -0.39 is 5.97 Å². The Labute approximate surface area is 59.2 Å². The van der Waals surface area contributed by atoms with Crippen LogP contribution >= 0.6 is 0 Å². The molecular formula is C6H11NO3. The van der Waals surface area contributed by atoms with Crippen LogP contribution < -0.4 is 5.73 Å². The van der Waals surface area contributed by atoms with Gasteiger partial charge in [0.1, 0.15) is 0 Å². The highest BCUT2D eigenvalue weighted by molar-refractivity contribution is 4.74. The first-order valence-corrected chi connectivity index (χ1v) is 3.46. The van der Waals surface area contributed by atoms with Crippen LogP contribution in [0.5, 0.6) is 0 Å². The summed E-state index contributed by atoms with van der Waals surface area (Å²) >= 11 is 0. The van der Waals surface area contributed by atoms with E-state index >= 15 is 0 Å². The predicted octanol–water partition coefficient (Wildman–Crippen LogP) is -0.708. The molecule has 4 heteroatoms. The second kappa shape index (κ2) is 2.17. The van der Waals surface area contributed by atoms with E-state index in [1.807, 2.05) is 0 Å². The molecule has 2 bridgehead atoms. The molecule has 3 rings (SSSR count). The number of rotatable bonds is 1. The lowest BCUT2D eigenvalue weighted by molar-refractivity contribution is -0.442. The normalized spacial score (nSPS) is 45.9. The standard InChI is InChI=1S/C6H11NO3/c7-4-6-8-1-5(2-9-6)3-10-6/h5H,1-4,7H2. The monoisotopic (exact) mass is 145 g/mol. The minimum atomic E-state index is -0.894. The lowest BCUT2D eigenvalue weighted by Crippen LogP contribution is -2.57. The number of fused-ring (bicyclic) bond motifs is 3. The van der Waals surface area contributed by atoms with Gasteiger partial charge in [0, 0.05) is 5.92 Å². The summed E-state index contributed by atoms with van der Waals surface area (Å²) in [6.45, 7) is 2.44. The average Bonchev–Trinajstić information content (AvgIpc) is 2.08. The van der Waals surface area contributed by atoms with Gasteiger partial charge in [-0.3, -0.25) is 0 Å². The Hall–Kier alpha value is -0.160. The van der Waals surface area contributed by atoms with E-state index in [0.717, 1.165) is 19.8 Å². The van der Waals surface area contributed by atoms with Crippen LogP contribution in [-0.2, 0) is 14.2 Å². The van der Waals surface area contributed by atoms with Gasteiger partial charge in [-0.2, -0.15) is 0 Å². The van der Waals surface area contributed by atoms with Crippen LogP contribution in [0.25, 0.3) is 0 Å². The molecule has 3 fully saturated rings. The Morgan fingerprint density at radius 3 is 2.00 bits per heavy atom. The zero-order chi connectivity index (χ0) is 7.03. The van der Waals surface area contributed by atoms with Crippen LogP contribution in [0.15, 0.2) is 0 Å². The van der Waals surface area contributed by atoms with E-state index in [-0.39, 0.29) is 6.54 Å². The molecule has 0 saturated carbocycles. The molecule has 0 unspecified atom stereocenters. The molecular weight excluding hydrogens is 134 g/mol. The minimum absolute atomic E-state index is 0.277. The highest BCUT2D eigenvalue weighted by Gasteiger charge is 2.43. The average molecular weight is 145 g/mol. The fourth-order valence-electron chi connectivity index (χ4n) is 1.18. The Morgan fingerprint density at radius 1 is 1.20 bits per heavy atom. The molecule has 58 valence electrons. The van der Waals surface area contributed by atoms with E-state index in [9.17, 15) is 0 Å². The first-order chi connectivity index (χ1) is 4.85. The fourth-order valence-corrected chi connectivity index (χ4v) is 1.18. The number of hydrogen-bond acceptors (Lipinski definition) is 4. The van der Waals surface area contributed by atoms with Gasteiger partial charge in [0.15, 0.2) is 0 Å². The topological polar surface area (TPSA) is 53.7 Å². The van der Waals surface area contributed by atoms with Gasteiger partial charge in [0.05, 0.1) is 26.4 Å². The summed E-state index contributed by atoms with van der Waals surface area (Å²) in [5.74, 6) is -0.484. The maximum Gasteiger partial charge on any atom is 0.296 e. The van der Waals surface area contributed by atoms with Crippen molar-refractivity contribution in [2.75, 3.05) is 26.4 Å². The maximum absolute atomic E-state index is 5.40. The van der Waals surface area contributed by atoms with Gasteiger partial charge >= 0.3 is 0 Å². The van der Waals surface area contributed by atoms with Gasteiger partial charge < -0.3 is 19.9 Å². The lowest BCUT2D eigenvalue weighted by atomic mass is 10.1. The van der Waals surface area contributed by atoms with Crippen molar-refractivity contribution in [3.8, 4) is 0 Å². The number of ether oxygens (including phenoxy) is 3. The summed E-state index contributed by atoms with van der Waals surface area (Å²) in [7, 11) is 0. The third-order valence-corrected chi connectivity index (χ3v) is 1.87. The predicted molar refractivity (Wildman–Crippen MR) is 33.1 cm³/mol. The van der Waals surface area contributed by atoms with Crippen molar-refractivity contribution in [2.24, 2.45) is 11.7 Å². The van der Waals surface area contributed by atoms with Gasteiger partial charge in [-0.15, -0.1) is 0 Å². The molecule has 0 aromatic heterocycles. The summed E-state index contributed by atoms with van der Waals surface area (Å²) in [5, 5.41) is 0. The molecule has 0 aromatic carbocycles. The fraction of sp³-hybridized carbons (Fsp3) is 1.00. The highest BCUT2D eigenvalue weighted by Crippen LogP contribution is 2.28. The van der Waals surface area contributed by atoms with Crippen LogP contribution in [-0.4, -0.2) is 32.3 Å². The van der Waals surface area contributed by atoms with Crippen LogP contribution in [0, 0.1) is 5.92 Å². The SMILES string of the molecule is NCC12OCC(CO1)CO2. The van der Waals surface area contributed by atoms with E-state index in [2.05, 4.69) is 0 Å². The maximum atomic E-state index is 5.40. The summed E-state index contributed by atoms with van der Waals surface area (Å²) in [6.07, 6.45) is 0. The number of nitrogens with two attached hydrogens (primary N) is 1. The van der Waals surface area contributed by atoms with Gasteiger partial charge in [-0.25, -0.2) is 0 Å². The molecule has 10 heavy (non-hydrogen) atoms. The molecule has 0 amide bonds. The molecule has 0 atom stereocenters. The van der Waals surface area contributed by atoms with Crippen LogP contribution in [0.3, 0.4) is 0 Å². The van der Waals surface area contributed by atoms with E-state index in [4.69, 9.17) is 19.9 Å². The van der Waals surface area contributed by atoms with Crippen molar-refractivity contribution in [3.05, 3.63) is 0 Å². The molecule has 0 radical (unpaired) electrons. The molecule has 2 N–H and O–H groups in total. The van der Waals surface area contributed by atoms with Gasteiger partial charge in [-0.1, -0.05) is 0 Å². The lowest BCUT2D eigenvalue weighted by Gasteiger charge is -2.44. The van der Waals surface area contributed by atoms with Gasteiger partial charge in [-0.05, 0) is 0 Å². The summed E-state index contributed by atoms with van der Waals surface area (Å²) in [5.41, 5.74) is 5.40. The molecule has 0 aliphatic carbocycles. The first-order valence-electron chi connectivity index (χ1n) is 3.46. The third-order valence-electron chi connectivity index (χ3n) is 1.87. The number of hydrogen-bond donors (Lipinski definition) is 1. The first kappa shape index (κ1) is 6.54. The Balaban J connectivity index is 2.08. The van der Waals surface area contributed by atoms with Gasteiger partial charge in [0.25, 0.3) is 5.97 Å². The summed E-state index contributed by atoms with van der Waals surface area (Å²) in [6, 6.07) is 0. The van der Waals surface area contributed by atoms with Crippen LogP contribution in [0.1, 0.15) is 0 Å². The van der Waals surface area contributed by atoms with E-state index in [0.29, 0.717) is 5.92 Å². The van der Waals surface area contributed by atoms with Crippen molar-refractivity contribution in [3.63, 3.8) is 0 Å². The molecule has 3 aliphatic rings. The van der Waals surface area contributed by atoms with Crippen molar-refractivity contribution >= 4 is 0 Å². The molecule has 4 nitrogen and oxygen atoms in total. The van der Waals surface area contributed by atoms with Crippen molar-refractivity contribution in [1.82, 2.24) is 0 Å². The molecule has 0 aromatic rings. The van der Waals surface area contributed by atoms with Gasteiger partial charge in [0.2, 0.25) is 0 Å². The Kier molecular flexibility index (Phi) is 1.42. The summed E-state index contributed by atoms with van der Waals surface area (Å²) < 4.78 is 15.7. The molecule has 3 saturated heterocycles. The summed E-state index contributed by atoms with van der Waals surface area (Å²) in [4.78, 5) is 0. The minimum Gasteiger partial charge on any atom is -0.326 e. The highest BCUT2D eigenvalue weighted by atomic mass is 16.9. The second-order valence-corrected chi connectivity index (χ2v) is 2.69. The van der Waals surface area contributed by atoms with Crippen molar-refractivity contribution in [1.29, 1.82) is 0 Å². The van der Waals surface area contributed by atoms with E-state index in [1.54, 1.807) is 0 Å². The smallest absolute Gasteiger partial charge is 0.296 e. The Bertz CT molecular complexity index is 117. The zero-order valence-electron chi connectivity index (χ0n) is 5.71.